The van der Waals surface area contributed by atoms with Crippen LogP contribution >= 0.6 is 11.6 Å². The largest absolute Gasteiger partial charge is 0.398 e. The van der Waals surface area contributed by atoms with E-state index in [9.17, 15) is 5.11 Å². The highest BCUT2D eigenvalue weighted by molar-refractivity contribution is 6.31. The third-order valence-electron chi connectivity index (χ3n) is 3.14. The van der Waals surface area contributed by atoms with Crippen molar-refractivity contribution in [2.24, 2.45) is 0 Å². The number of hydrogen-bond acceptors (Lipinski definition) is 4. The number of hydrogen-bond donors (Lipinski definition) is 2. The molecule has 2 unspecified atom stereocenters. The van der Waals surface area contributed by atoms with Crippen molar-refractivity contribution < 1.29 is 9.84 Å². The van der Waals surface area contributed by atoms with Gasteiger partial charge in [-0.05, 0) is 19.1 Å². The van der Waals surface area contributed by atoms with Crippen LogP contribution in [-0.2, 0) is 11.3 Å². The predicted octanol–water partition coefficient (Wildman–Crippen LogP) is 1.50. The normalized spacial score (nSPS) is 25.3. The third kappa shape index (κ3) is 3.14. The molecule has 2 atom stereocenters. The summed E-state index contributed by atoms with van der Waals surface area (Å²) >= 11 is 6.17. The summed E-state index contributed by atoms with van der Waals surface area (Å²) < 4.78 is 5.61. The molecule has 1 saturated heterocycles. The van der Waals surface area contributed by atoms with Crippen molar-refractivity contribution in [3.05, 3.63) is 28.8 Å². The molecule has 1 aliphatic heterocycles. The lowest BCUT2D eigenvalue weighted by molar-refractivity contribution is -0.0972. The van der Waals surface area contributed by atoms with Crippen LogP contribution in [0.5, 0.6) is 0 Å². The minimum atomic E-state index is -0.127. The molecule has 1 fully saturated rings. The van der Waals surface area contributed by atoms with Gasteiger partial charge in [-0.15, -0.1) is 0 Å². The first kappa shape index (κ1) is 13.6. The fraction of sp³-hybridized carbons (Fsp3) is 0.538. The fourth-order valence-corrected chi connectivity index (χ4v) is 2.58. The number of nitrogen functional groups attached to an aromatic ring is 1. The summed E-state index contributed by atoms with van der Waals surface area (Å²) in [5.74, 6) is 0. The monoisotopic (exact) mass is 270 g/mol. The molecule has 0 radical (unpaired) electrons. The molecule has 0 saturated carbocycles. The summed E-state index contributed by atoms with van der Waals surface area (Å²) in [6.07, 6.45) is -0.0166. The summed E-state index contributed by atoms with van der Waals surface area (Å²) in [6, 6.07) is 5.55. The van der Waals surface area contributed by atoms with E-state index in [1.807, 2.05) is 25.1 Å². The van der Waals surface area contributed by atoms with Crippen molar-refractivity contribution in [1.29, 1.82) is 0 Å². The summed E-state index contributed by atoms with van der Waals surface area (Å²) in [7, 11) is 0. The van der Waals surface area contributed by atoms with Gasteiger partial charge in [0.05, 0.1) is 18.8 Å². The van der Waals surface area contributed by atoms with Gasteiger partial charge in [0.1, 0.15) is 0 Å². The van der Waals surface area contributed by atoms with Gasteiger partial charge < -0.3 is 15.6 Å². The Kier molecular flexibility index (Phi) is 4.45. The lowest BCUT2D eigenvalue weighted by Crippen LogP contribution is -2.47. The molecule has 0 aromatic heterocycles. The summed E-state index contributed by atoms with van der Waals surface area (Å²) in [5.41, 5.74) is 7.61. The summed E-state index contributed by atoms with van der Waals surface area (Å²) in [6.45, 7) is 4.26. The van der Waals surface area contributed by atoms with Gasteiger partial charge in [0.15, 0.2) is 0 Å². The Morgan fingerprint density at radius 1 is 1.50 bits per heavy atom. The zero-order chi connectivity index (χ0) is 13.1. The molecule has 0 bridgehead atoms. The number of morpholine rings is 1. The van der Waals surface area contributed by atoms with Crippen molar-refractivity contribution in [2.75, 3.05) is 25.4 Å². The van der Waals surface area contributed by atoms with Crippen LogP contribution in [0.15, 0.2) is 18.2 Å². The van der Waals surface area contributed by atoms with Gasteiger partial charge in [-0.2, -0.15) is 0 Å². The Morgan fingerprint density at radius 3 is 2.94 bits per heavy atom. The molecular weight excluding hydrogens is 252 g/mol. The van der Waals surface area contributed by atoms with E-state index in [1.165, 1.54) is 0 Å². The van der Waals surface area contributed by atoms with Crippen LogP contribution in [0.4, 0.5) is 5.69 Å². The zero-order valence-electron chi connectivity index (χ0n) is 10.5. The first-order valence-electron chi connectivity index (χ1n) is 6.11. The number of nitrogens with two attached hydrogens (primary N) is 1. The molecule has 0 amide bonds. The van der Waals surface area contributed by atoms with Crippen LogP contribution in [0.25, 0.3) is 0 Å². The molecule has 1 aliphatic rings. The van der Waals surface area contributed by atoms with Gasteiger partial charge in [-0.3, -0.25) is 4.90 Å². The minimum Gasteiger partial charge on any atom is -0.398 e. The van der Waals surface area contributed by atoms with E-state index >= 15 is 0 Å². The Balaban J connectivity index is 2.08. The molecule has 1 aromatic rings. The van der Waals surface area contributed by atoms with Gasteiger partial charge in [-0.1, -0.05) is 17.7 Å². The van der Waals surface area contributed by atoms with Gasteiger partial charge in [0, 0.05) is 35.9 Å². The number of benzene rings is 1. The van der Waals surface area contributed by atoms with Crippen molar-refractivity contribution in [3.8, 4) is 0 Å². The number of aliphatic hydroxyl groups excluding tert-OH is 1. The van der Waals surface area contributed by atoms with E-state index < -0.39 is 0 Å². The highest BCUT2D eigenvalue weighted by Crippen LogP contribution is 2.25. The van der Waals surface area contributed by atoms with Gasteiger partial charge >= 0.3 is 0 Å². The second-order valence-corrected chi connectivity index (χ2v) is 5.16. The standard InChI is InChI=1S/C13H19ClN2O2/c1-9-5-16(6-10(8-17)18-9)7-11-12(14)3-2-4-13(11)15/h2-4,9-10,17H,5-8,15H2,1H3. The molecule has 1 aromatic carbocycles. The quantitative estimate of drug-likeness (QED) is 0.818. The van der Waals surface area contributed by atoms with E-state index in [-0.39, 0.29) is 18.8 Å². The average molecular weight is 271 g/mol. The number of anilines is 1. The summed E-state index contributed by atoms with van der Waals surface area (Å²) in [5, 5.41) is 9.89. The van der Waals surface area contributed by atoms with E-state index in [0.717, 1.165) is 12.1 Å². The Labute approximate surface area is 112 Å². The number of rotatable bonds is 3. The SMILES string of the molecule is CC1CN(Cc2c(N)cccc2Cl)CC(CO)O1. The van der Waals surface area contributed by atoms with Gasteiger partial charge in [0.25, 0.3) is 0 Å². The number of aliphatic hydroxyl groups is 1. The minimum absolute atomic E-state index is 0.0405. The number of ether oxygens (including phenoxy) is 1. The molecular formula is C13H19ClN2O2. The molecule has 1 heterocycles. The van der Waals surface area contributed by atoms with E-state index in [0.29, 0.717) is 23.8 Å². The summed E-state index contributed by atoms with van der Waals surface area (Å²) in [4.78, 5) is 2.21. The fourth-order valence-electron chi connectivity index (χ4n) is 2.34. The Hall–Kier alpha value is -0.810. The maximum atomic E-state index is 9.20. The van der Waals surface area contributed by atoms with Crippen molar-refractivity contribution in [3.63, 3.8) is 0 Å². The first-order chi connectivity index (χ1) is 8.60. The van der Waals surface area contributed by atoms with Gasteiger partial charge in [0.2, 0.25) is 0 Å². The molecule has 18 heavy (non-hydrogen) atoms. The van der Waals surface area contributed by atoms with Crippen molar-refractivity contribution in [1.82, 2.24) is 4.90 Å². The van der Waals surface area contributed by atoms with Crippen LogP contribution in [0.3, 0.4) is 0 Å². The van der Waals surface area contributed by atoms with E-state index in [2.05, 4.69) is 4.90 Å². The van der Waals surface area contributed by atoms with Gasteiger partial charge in [-0.25, -0.2) is 0 Å². The Bertz CT molecular complexity index is 394. The second kappa shape index (κ2) is 5.89. The highest BCUT2D eigenvalue weighted by Gasteiger charge is 2.25. The highest BCUT2D eigenvalue weighted by atomic mass is 35.5. The molecule has 0 aliphatic carbocycles. The Morgan fingerprint density at radius 2 is 2.28 bits per heavy atom. The van der Waals surface area contributed by atoms with Crippen LogP contribution in [0.2, 0.25) is 5.02 Å². The lowest BCUT2D eigenvalue weighted by atomic mass is 10.1. The maximum Gasteiger partial charge on any atom is 0.0936 e. The molecule has 0 spiro atoms. The van der Waals surface area contributed by atoms with Crippen LogP contribution < -0.4 is 5.73 Å². The zero-order valence-corrected chi connectivity index (χ0v) is 11.2. The second-order valence-electron chi connectivity index (χ2n) is 4.75. The molecule has 100 valence electrons. The lowest BCUT2D eigenvalue weighted by Gasteiger charge is -2.36. The number of nitrogens with zero attached hydrogens (tertiary/aromatic N) is 1. The molecule has 2 rings (SSSR count). The van der Waals surface area contributed by atoms with E-state index in [1.54, 1.807) is 0 Å². The van der Waals surface area contributed by atoms with E-state index in [4.69, 9.17) is 22.1 Å². The van der Waals surface area contributed by atoms with Crippen molar-refractivity contribution >= 4 is 17.3 Å². The molecule has 3 N–H and O–H groups in total. The van der Waals surface area contributed by atoms with Crippen LogP contribution in [-0.4, -0.2) is 41.9 Å². The predicted molar refractivity (Wildman–Crippen MR) is 72.6 cm³/mol. The smallest absolute Gasteiger partial charge is 0.0936 e. The molecule has 4 nitrogen and oxygen atoms in total. The van der Waals surface area contributed by atoms with Crippen molar-refractivity contribution in [2.45, 2.75) is 25.7 Å². The van der Waals surface area contributed by atoms with Crippen LogP contribution in [0, 0.1) is 0 Å². The molecule has 5 heteroatoms. The average Bonchev–Trinajstić information content (AvgIpc) is 2.33. The third-order valence-corrected chi connectivity index (χ3v) is 3.50. The first-order valence-corrected chi connectivity index (χ1v) is 6.49. The van der Waals surface area contributed by atoms with Crippen LogP contribution in [0.1, 0.15) is 12.5 Å². The maximum absolute atomic E-state index is 9.20. The topological polar surface area (TPSA) is 58.7 Å². The number of halogens is 1.